The van der Waals surface area contributed by atoms with E-state index in [1.807, 2.05) is 11.7 Å². The number of thiophene rings is 1. The van der Waals surface area contributed by atoms with E-state index < -0.39 is 0 Å². The van der Waals surface area contributed by atoms with Crippen LogP contribution in [0.15, 0.2) is 12.1 Å². The van der Waals surface area contributed by atoms with Crippen molar-refractivity contribution in [3.8, 4) is 0 Å². The summed E-state index contributed by atoms with van der Waals surface area (Å²) in [7, 11) is 1.98. The van der Waals surface area contributed by atoms with Crippen LogP contribution in [-0.4, -0.2) is 9.78 Å². The van der Waals surface area contributed by atoms with E-state index in [0.717, 1.165) is 12.1 Å². The molecule has 2 aromatic heterocycles. The maximum Gasteiger partial charge on any atom is 0.0629 e. The molecule has 2 rings (SSSR count). The van der Waals surface area contributed by atoms with Gasteiger partial charge in [0.15, 0.2) is 0 Å². The predicted octanol–water partition coefficient (Wildman–Crippen LogP) is 2.65. The van der Waals surface area contributed by atoms with Crippen molar-refractivity contribution in [2.24, 2.45) is 12.8 Å². The maximum atomic E-state index is 6.26. The zero-order chi connectivity index (χ0) is 12.6. The van der Waals surface area contributed by atoms with E-state index >= 15 is 0 Å². The molecule has 2 aromatic rings. The first-order valence-electron chi connectivity index (χ1n) is 5.80. The van der Waals surface area contributed by atoms with Crippen LogP contribution in [0.25, 0.3) is 0 Å². The summed E-state index contributed by atoms with van der Waals surface area (Å²) in [5, 5.41) is 4.43. The molecule has 17 heavy (non-hydrogen) atoms. The minimum atomic E-state index is 0.0790. The first-order valence-corrected chi connectivity index (χ1v) is 6.61. The van der Waals surface area contributed by atoms with Crippen molar-refractivity contribution in [3.05, 3.63) is 38.8 Å². The molecule has 0 bridgehead atoms. The Morgan fingerprint density at radius 3 is 2.53 bits per heavy atom. The van der Waals surface area contributed by atoms with Crippen molar-refractivity contribution in [2.75, 3.05) is 0 Å². The lowest BCUT2D eigenvalue weighted by Gasteiger charge is -2.09. The third-order valence-corrected chi connectivity index (χ3v) is 4.34. The molecule has 0 saturated heterocycles. The van der Waals surface area contributed by atoms with Crippen LogP contribution in [0.3, 0.4) is 0 Å². The molecule has 2 N–H and O–H groups in total. The van der Waals surface area contributed by atoms with Gasteiger partial charge in [-0.15, -0.1) is 11.3 Å². The lowest BCUT2D eigenvalue weighted by molar-refractivity contribution is 0.716. The van der Waals surface area contributed by atoms with Gasteiger partial charge in [0.05, 0.1) is 5.69 Å². The average Bonchev–Trinajstić information content (AvgIpc) is 2.79. The molecule has 1 unspecified atom stereocenters. The first-order chi connectivity index (χ1) is 7.99. The van der Waals surface area contributed by atoms with Gasteiger partial charge in [-0.2, -0.15) is 5.10 Å². The van der Waals surface area contributed by atoms with Gasteiger partial charge in [-0.05, 0) is 44.9 Å². The van der Waals surface area contributed by atoms with Crippen LogP contribution in [-0.2, 0) is 13.5 Å². The van der Waals surface area contributed by atoms with Gasteiger partial charge in [-0.3, -0.25) is 4.68 Å². The Bertz CT molecular complexity index is 525. The summed E-state index contributed by atoms with van der Waals surface area (Å²) in [5.74, 6) is 0. The zero-order valence-electron chi connectivity index (χ0n) is 10.8. The fourth-order valence-corrected chi connectivity index (χ4v) is 2.96. The van der Waals surface area contributed by atoms with Crippen molar-refractivity contribution in [3.63, 3.8) is 0 Å². The number of nitrogens with zero attached hydrogens (tertiary/aromatic N) is 2. The molecular weight excluding hydrogens is 230 g/mol. The van der Waals surface area contributed by atoms with E-state index in [4.69, 9.17) is 5.73 Å². The Labute approximate surface area is 106 Å². The van der Waals surface area contributed by atoms with Crippen LogP contribution in [0.2, 0.25) is 0 Å². The Balaban J connectivity index is 2.21. The number of hydrogen-bond acceptors (Lipinski definition) is 3. The van der Waals surface area contributed by atoms with Gasteiger partial charge in [0.2, 0.25) is 0 Å². The Morgan fingerprint density at radius 2 is 2.06 bits per heavy atom. The molecule has 1 atom stereocenters. The molecule has 4 heteroatoms. The fraction of sp³-hybridized carbons (Fsp3) is 0.462. The summed E-state index contributed by atoms with van der Waals surface area (Å²) in [4.78, 5) is 2.57. The standard InChI is InChI=1S/C13H19N3S/c1-8-5-6-13(17-8)12(14)7-11-9(2)15-16(4)10(11)3/h5-6,12H,7,14H2,1-4H3. The highest BCUT2D eigenvalue weighted by Crippen LogP contribution is 2.25. The molecule has 3 nitrogen and oxygen atoms in total. The zero-order valence-corrected chi connectivity index (χ0v) is 11.6. The monoisotopic (exact) mass is 249 g/mol. The summed E-state index contributed by atoms with van der Waals surface area (Å²) < 4.78 is 1.93. The van der Waals surface area contributed by atoms with Crippen molar-refractivity contribution in [1.29, 1.82) is 0 Å². The van der Waals surface area contributed by atoms with Crippen LogP contribution in [0.4, 0.5) is 0 Å². The predicted molar refractivity (Wildman–Crippen MR) is 72.4 cm³/mol. The van der Waals surface area contributed by atoms with Crippen LogP contribution >= 0.6 is 11.3 Å². The van der Waals surface area contributed by atoms with Gasteiger partial charge in [-0.1, -0.05) is 0 Å². The van der Waals surface area contributed by atoms with Gasteiger partial charge in [0.25, 0.3) is 0 Å². The molecule has 0 aliphatic rings. The molecule has 0 aliphatic heterocycles. The van der Waals surface area contributed by atoms with E-state index in [1.165, 1.54) is 21.0 Å². The van der Waals surface area contributed by atoms with E-state index in [9.17, 15) is 0 Å². The van der Waals surface area contributed by atoms with Crippen LogP contribution in [0.5, 0.6) is 0 Å². The van der Waals surface area contributed by atoms with Gasteiger partial charge in [0.1, 0.15) is 0 Å². The van der Waals surface area contributed by atoms with Gasteiger partial charge < -0.3 is 5.73 Å². The molecule has 0 amide bonds. The number of rotatable bonds is 3. The number of aromatic nitrogens is 2. The van der Waals surface area contributed by atoms with Gasteiger partial charge >= 0.3 is 0 Å². The van der Waals surface area contributed by atoms with Crippen LogP contribution < -0.4 is 5.73 Å². The van der Waals surface area contributed by atoms with Crippen molar-refractivity contribution in [2.45, 2.75) is 33.2 Å². The van der Waals surface area contributed by atoms with Gasteiger partial charge in [0, 0.05) is 28.5 Å². The SMILES string of the molecule is Cc1ccc(C(N)Cc2c(C)nn(C)c2C)s1. The summed E-state index contributed by atoms with van der Waals surface area (Å²) in [5.41, 5.74) is 9.85. The molecule has 0 radical (unpaired) electrons. The van der Waals surface area contributed by atoms with Crippen molar-refractivity contribution >= 4 is 11.3 Å². The molecular formula is C13H19N3S. The lowest BCUT2D eigenvalue weighted by atomic mass is 10.0. The number of nitrogens with two attached hydrogens (primary N) is 1. The molecule has 92 valence electrons. The molecule has 0 spiro atoms. The summed E-state index contributed by atoms with van der Waals surface area (Å²) in [6.45, 7) is 6.26. The van der Waals surface area contributed by atoms with Gasteiger partial charge in [-0.25, -0.2) is 0 Å². The Morgan fingerprint density at radius 1 is 1.35 bits per heavy atom. The van der Waals surface area contributed by atoms with Crippen molar-refractivity contribution in [1.82, 2.24) is 9.78 Å². The minimum Gasteiger partial charge on any atom is -0.323 e. The lowest BCUT2D eigenvalue weighted by Crippen LogP contribution is -2.12. The third kappa shape index (κ3) is 2.42. The van der Waals surface area contributed by atoms with E-state index in [2.05, 4.69) is 38.0 Å². The second-order valence-electron chi connectivity index (χ2n) is 4.53. The van der Waals surface area contributed by atoms with E-state index in [1.54, 1.807) is 11.3 Å². The van der Waals surface area contributed by atoms with Crippen molar-refractivity contribution < 1.29 is 0 Å². The molecule has 0 aromatic carbocycles. The van der Waals surface area contributed by atoms with Crippen LogP contribution in [0, 0.1) is 20.8 Å². The highest BCUT2D eigenvalue weighted by Gasteiger charge is 2.15. The number of aryl methyl sites for hydroxylation is 3. The van der Waals surface area contributed by atoms with Crippen LogP contribution in [0.1, 0.15) is 32.7 Å². The Kier molecular flexibility index (Phi) is 3.35. The third-order valence-electron chi connectivity index (χ3n) is 3.21. The minimum absolute atomic E-state index is 0.0790. The highest BCUT2D eigenvalue weighted by molar-refractivity contribution is 7.12. The molecule has 0 fully saturated rings. The summed E-state index contributed by atoms with van der Waals surface area (Å²) >= 11 is 1.78. The molecule has 2 heterocycles. The number of hydrogen-bond donors (Lipinski definition) is 1. The largest absolute Gasteiger partial charge is 0.323 e. The quantitative estimate of drug-likeness (QED) is 0.909. The molecule has 0 saturated carbocycles. The summed E-state index contributed by atoms with van der Waals surface area (Å²) in [6.07, 6.45) is 0.867. The topological polar surface area (TPSA) is 43.8 Å². The normalized spacial score (nSPS) is 13.0. The summed E-state index contributed by atoms with van der Waals surface area (Å²) in [6, 6.07) is 4.34. The first kappa shape index (κ1) is 12.3. The smallest absolute Gasteiger partial charge is 0.0629 e. The Hall–Kier alpha value is -1.13. The second-order valence-corrected chi connectivity index (χ2v) is 5.85. The highest BCUT2D eigenvalue weighted by atomic mass is 32.1. The van der Waals surface area contributed by atoms with E-state index in [-0.39, 0.29) is 6.04 Å². The second kappa shape index (κ2) is 4.63. The average molecular weight is 249 g/mol. The molecule has 0 aliphatic carbocycles. The maximum absolute atomic E-state index is 6.26. The van der Waals surface area contributed by atoms with E-state index in [0.29, 0.717) is 0 Å². The fourth-order valence-electron chi connectivity index (χ4n) is 2.09.